The normalized spacial score (nSPS) is 11.7. The van der Waals surface area contributed by atoms with Gasteiger partial charge in [-0.05, 0) is 36.8 Å². The number of aryl methyl sites for hydroxylation is 1. The third-order valence-corrected chi connectivity index (χ3v) is 3.06. The Bertz CT molecular complexity index is 613. The van der Waals surface area contributed by atoms with Crippen LogP contribution in [0.5, 0.6) is 0 Å². The summed E-state index contributed by atoms with van der Waals surface area (Å²) in [5.74, 6) is -1.67. The highest BCUT2D eigenvalue weighted by Gasteiger charge is 2.17. The lowest BCUT2D eigenvalue weighted by atomic mass is 9.91. The summed E-state index contributed by atoms with van der Waals surface area (Å²) in [4.78, 5) is 4.56. The molecule has 0 atom stereocenters. The maximum absolute atomic E-state index is 13.4. The van der Waals surface area contributed by atoms with E-state index in [1.807, 2.05) is 18.2 Å². The van der Waals surface area contributed by atoms with E-state index >= 15 is 0 Å². The molecule has 1 heterocycles. The molecule has 2 rings (SSSR count). The van der Waals surface area contributed by atoms with Gasteiger partial charge in [-0.15, -0.1) is 0 Å². The highest BCUT2D eigenvalue weighted by atomic mass is 19.2. The quantitative estimate of drug-likeness (QED) is 0.729. The second kappa shape index (κ2) is 4.72. The molecular weight excluding hydrogens is 244 g/mol. The van der Waals surface area contributed by atoms with Crippen LogP contribution in [0.15, 0.2) is 30.3 Å². The Balaban J connectivity index is 2.57. The van der Waals surface area contributed by atoms with Gasteiger partial charge >= 0.3 is 0 Å². The second-order valence-corrected chi connectivity index (χ2v) is 5.74. The first-order valence-corrected chi connectivity index (χ1v) is 6.22. The Hall–Kier alpha value is -1.77. The molecule has 0 fully saturated rings. The largest absolute Gasteiger partial charge is 0.252 e. The fourth-order valence-electron chi connectivity index (χ4n) is 1.92. The summed E-state index contributed by atoms with van der Waals surface area (Å²) in [5.41, 5.74) is 2.82. The molecule has 0 amide bonds. The fourth-order valence-corrected chi connectivity index (χ4v) is 1.92. The highest BCUT2D eigenvalue weighted by molar-refractivity contribution is 5.63. The first-order chi connectivity index (χ1) is 8.79. The average Bonchev–Trinajstić information content (AvgIpc) is 2.33. The molecule has 0 bridgehead atoms. The van der Waals surface area contributed by atoms with Gasteiger partial charge in [-0.2, -0.15) is 0 Å². The van der Waals surface area contributed by atoms with Crippen molar-refractivity contribution in [1.29, 1.82) is 0 Å². The Morgan fingerprint density at radius 1 is 1.00 bits per heavy atom. The Morgan fingerprint density at radius 2 is 1.63 bits per heavy atom. The topological polar surface area (TPSA) is 12.9 Å². The van der Waals surface area contributed by atoms with Gasteiger partial charge in [-0.3, -0.25) is 4.98 Å². The van der Waals surface area contributed by atoms with Crippen molar-refractivity contribution < 1.29 is 8.78 Å². The predicted octanol–water partition coefficient (Wildman–Crippen LogP) is 4.63. The van der Waals surface area contributed by atoms with Gasteiger partial charge in [-0.25, -0.2) is 8.78 Å². The van der Waals surface area contributed by atoms with Gasteiger partial charge < -0.3 is 0 Å². The van der Waals surface area contributed by atoms with E-state index in [-0.39, 0.29) is 5.41 Å². The Morgan fingerprint density at radius 3 is 2.26 bits per heavy atom. The molecule has 19 heavy (non-hydrogen) atoms. The zero-order valence-electron chi connectivity index (χ0n) is 11.6. The minimum atomic E-state index is -0.844. The lowest BCUT2D eigenvalue weighted by Gasteiger charge is -2.18. The van der Waals surface area contributed by atoms with Gasteiger partial charge in [-0.1, -0.05) is 26.8 Å². The molecule has 0 aliphatic heterocycles. The summed E-state index contributed by atoms with van der Waals surface area (Å²) < 4.78 is 26.5. The number of hydrogen-bond acceptors (Lipinski definition) is 1. The molecule has 0 aliphatic carbocycles. The lowest BCUT2D eigenvalue weighted by Crippen LogP contribution is -2.13. The Kier molecular flexibility index (Phi) is 3.40. The minimum Gasteiger partial charge on any atom is -0.252 e. The SMILES string of the molecule is Cc1cc(F)c(F)cc1-c1cccc(C(C)(C)C)n1. The third kappa shape index (κ3) is 2.80. The van der Waals surface area contributed by atoms with Crippen LogP contribution in [0.2, 0.25) is 0 Å². The molecule has 1 aromatic carbocycles. The molecule has 0 saturated carbocycles. The number of benzene rings is 1. The monoisotopic (exact) mass is 261 g/mol. The van der Waals surface area contributed by atoms with Crippen LogP contribution >= 0.6 is 0 Å². The van der Waals surface area contributed by atoms with Crippen LogP contribution in [-0.2, 0) is 5.41 Å². The van der Waals surface area contributed by atoms with Crippen LogP contribution in [0.25, 0.3) is 11.3 Å². The van der Waals surface area contributed by atoms with E-state index < -0.39 is 11.6 Å². The van der Waals surface area contributed by atoms with Crippen molar-refractivity contribution in [2.24, 2.45) is 0 Å². The molecule has 1 nitrogen and oxygen atoms in total. The van der Waals surface area contributed by atoms with Crippen molar-refractivity contribution in [3.63, 3.8) is 0 Å². The molecule has 2 aromatic rings. The summed E-state index contributed by atoms with van der Waals surface area (Å²) in [6.45, 7) is 7.95. The van der Waals surface area contributed by atoms with E-state index in [4.69, 9.17) is 0 Å². The van der Waals surface area contributed by atoms with Crippen molar-refractivity contribution >= 4 is 0 Å². The molecular formula is C16H17F2N. The van der Waals surface area contributed by atoms with Gasteiger partial charge in [0.1, 0.15) is 0 Å². The van der Waals surface area contributed by atoms with Crippen molar-refractivity contribution in [3.8, 4) is 11.3 Å². The predicted molar refractivity (Wildman–Crippen MR) is 73.0 cm³/mol. The summed E-state index contributed by atoms with van der Waals surface area (Å²) in [6, 6.07) is 8.06. The highest BCUT2D eigenvalue weighted by Crippen LogP contribution is 2.27. The number of aromatic nitrogens is 1. The van der Waals surface area contributed by atoms with Crippen LogP contribution in [-0.4, -0.2) is 4.98 Å². The van der Waals surface area contributed by atoms with Crippen LogP contribution in [0.1, 0.15) is 32.0 Å². The summed E-state index contributed by atoms with van der Waals surface area (Å²) in [5, 5.41) is 0. The van der Waals surface area contributed by atoms with Crippen molar-refractivity contribution in [2.75, 3.05) is 0 Å². The standard InChI is InChI=1S/C16H17F2N/c1-10-8-12(17)13(18)9-11(10)14-6-5-7-15(19-14)16(2,3)4/h5-9H,1-4H3. The Labute approximate surface area is 112 Å². The van der Waals surface area contributed by atoms with E-state index in [1.54, 1.807) is 6.92 Å². The van der Waals surface area contributed by atoms with Crippen LogP contribution in [0.4, 0.5) is 8.78 Å². The minimum absolute atomic E-state index is 0.0809. The molecule has 0 spiro atoms. The number of halogens is 2. The van der Waals surface area contributed by atoms with E-state index in [9.17, 15) is 8.78 Å². The van der Waals surface area contributed by atoms with E-state index in [0.717, 1.165) is 5.69 Å². The van der Waals surface area contributed by atoms with Crippen molar-refractivity contribution in [3.05, 3.63) is 53.2 Å². The molecule has 3 heteroatoms. The van der Waals surface area contributed by atoms with Gasteiger partial charge in [0.15, 0.2) is 11.6 Å². The lowest BCUT2D eigenvalue weighted by molar-refractivity contribution is 0.508. The van der Waals surface area contributed by atoms with Gasteiger partial charge in [0.25, 0.3) is 0 Å². The molecule has 0 radical (unpaired) electrons. The van der Waals surface area contributed by atoms with Gasteiger partial charge in [0, 0.05) is 16.7 Å². The number of pyridine rings is 1. The van der Waals surface area contributed by atoms with E-state index in [1.165, 1.54) is 12.1 Å². The number of hydrogen-bond donors (Lipinski definition) is 0. The molecule has 0 unspecified atom stereocenters. The van der Waals surface area contributed by atoms with Gasteiger partial charge in [0.2, 0.25) is 0 Å². The summed E-state index contributed by atoms with van der Waals surface area (Å²) in [7, 11) is 0. The van der Waals surface area contributed by atoms with E-state index in [0.29, 0.717) is 16.8 Å². The van der Waals surface area contributed by atoms with Crippen LogP contribution in [0, 0.1) is 18.6 Å². The molecule has 100 valence electrons. The molecule has 0 aliphatic rings. The fraction of sp³-hybridized carbons (Fsp3) is 0.312. The average molecular weight is 261 g/mol. The first kappa shape index (κ1) is 13.7. The molecule has 1 aromatic heterocycles. The zero-order valence-corrected chi connectivity index (χ0v) is 11.6. The molecule has 0 saturated heterocycles. The zero-order chi connectivity index (χ0) is 14.2. The first-order valence-electron chi connectivity index (χ1n) is 6.22. The van der Waals surface area contributed by atoms with Crippen LogP contribution < -0.4 is 0 Å². The van der Waals surface area contributed by atoms with Gasteiger partial charge in [0.05, 0.1) is 5.69 Å². The summed E-state index contributed by atoms with van der Waals surface area (Å²) >= 11 is 0. The third-order valence-electron chi connectivity index (χ3n) is 3.06. The maximum atomic E-state index is 13.4. The van der Waals surface area contributed by atoms with Crippen molar-refractivity contribution in [1.82, 2.24) is 4.98 Å². The smallest absolute Gasteiger partial charge is 0.159 e. The number of nitrogens with zero attached hydrogens (tertiary/aromatic N) is 1. The molecule has 0 N–H and O–H groups in total. The van der Waals surface area contributed by atoms with Crippen LogP contribution in [0.3, 0.4) is 0 Å². The maximum Gasteiger partial charge on any atom is 0.159 e. The summed E-state index contributed by atoms with van der Waals surface area (Å²) in [6.07, 6.45) is 0. The second-order valence-electron chi connectivity index (χ2n) is 5.74. The van der Waals surface area contributed by atoms with E-state index in [2.05, 4.69) is 25.8 Å². The van der Waals surface area contributed by atoms with Crippen molar-refractivity contribution in [2.45, 2.75) is 33.1 Å². The number of rotatable bonds is 1.